The number of hydrogen-bond donors (Lipinski definition) is 5. The second-order valence-corrected chi connectivity index (χ2v) is 6.23. The van der Waals surface area contributed by atoms with Crippen LogP contribution < -0.4 is 0 Å². The molecule has 0 aromatic heterocycles. The number of carbonyl (C=O) groups is 3. The maximum atomic E-state index is 11.6. The highest BCUT2D eigenvalue weighted by atomic mass is 31.2. The largest absolute Gasteiger partial charge is 0.481 e. The molecule has 10 heteroatoms. The van der Waals surface area contributed by atoms with Crippen LogP contribution in [0.15, 0.2) is 0 Å². The molecule has 0 rings (SSSR count). The lowest BCUT2D eigenvalue weighted by molar-refractivity contribution is -0.154. The first-order valence-electron chi connectivity index (χ1n) is 5.74. The van der Waals surface area contributed by atoms with Gasteiger partial charge < -0.3 is 25.1 Å². The number of carboxylic acids is 3. The van der Waals surface area contributed by atoms with Gasteiger partial charge in [-0.2, -0.15) is 0 Å². The van der Waals surface area contributed by atoms with E-state index in [2.05, 4.69) is 0 Å². The third kappa shape index (κ3) is 3.78. The SMILES string of the molecule is CCCC(C(=O)O)C(CCC(=O)O)(C(=O)O)P(=O)(O)O. The maximum absolute atomic E-state index is 11.6. The molecule has 0 saturated carbocycles. The highest BCUT2D eigenvalue weighted by molar-refractivity contribution is 7.54. The van der Waals surface area contributed by atoms with Gasteiger partial charge >= 0.3 is 25.5 Å². The van der Waals surface area contributed by atoms with Crippen molar-refractivity contribution >= 4 is 25.5 Å². The molecule has 0 aliphatic carbocycles. The molecule has 20 heavy (non-hydrogen) atoms. The van der Waals surface area contributed by atoms with Gasteiger partial charge in [0.25, 0.3) is 0 Å². The van der Waals surface area contributed by atoms with Gasteiger partial charge in [-0.15, -0.1) is 0 Å². The molecule has 0 aromatic rings. The fourth-order valence-electron chi connectivity index (χ4n) is 2.06. The molecular formula is C10H17O9P. The zero-order chi connectivity index (χ0) is 16.1. The monoisotopic (exact) mass is 312 g/mol. The lowest BCUT2D eigenvalue weighted by Gasteiger charge is -2.34. The molecule has 0 bridgehead atoms. The normalized spacial score (nSPS) is 16.1. The minimum absolute atomic E-state index is 0.180. The Kier molecular flexibility index (Phi) is 6.33. The Balaban J connectivity index is 5.96. The van der Waals surface area contributed by atoms with Gasteiger partial charge in [0, 0.05) is 6.42 Å². The van der Waals surface area contributed by atoms with Crippen molar-refractivity contribution in [2.24, 2.45) is 5.92 Å². The van der Waals surface area contributed by atoms with E-state index in [-0.39, 0.29) is 12.8 Å². The fourth-order valence-corrected chi connectivity index (χ4v) is 3.35. The summed E-state index contributed by atoms with van der Waals surface area (Å²) < 4.78 is 11.6. The van der Waals surface area contributed by atoms with Crippen molar-refractivity contribution in [1.29, 1.82) is 0 Å². The number of hydrogen-bond acceptors (Lipinski definition) is 4. The topological polar surface area (TPSA) is 169 Å². The Bertz CT molecular complexity index is 440. The predicted molar refractivity (Wildman–Crippen MR) is 65.3 cm³/mol. The molecule has 0 aliphatic heterocycles. The number of rotatable bonds is 9. The van der Waals surface area contributed by atoms with Gasteiger partial charge in [-0.3, -0.25) is 18.9 Å². The molecule has 0 saturated heterocycles. The van der Waals surface area contributed by atoms with E-state index in [9.17, 15) is 28.7 Å². The van der Waals surface area contributed by atoms with Gasteiger partial charge in [-0.1, -0.05) is 13.3 Å². The van der Waals surface area contributed by atoms with E-state index in [1.165, 1.54) is 6.92 Å². The van der Waals surface area contributed by atoms with E-state index in [4.69, 9.17) is 15.3 Å². The van der Waals surface area contributed by atoms with Gasteiger partial charge in [-0.05, 0) is 12.8 Å². The van der Waals surface area contributed by atoms with E-state index in [1.54, 1.807) is 0 Å². The molecule has 0 fully saturated rings. The Morgan fingerprint density at radius 2 is 1.65 bits per heavy atom. The first kappa shape index (κ1) is 18.6. The highest BCUT2D eigenvalue weighted by Crippen LogP contribution is 2.58. The average molecular weight is 312 g/mol. The van der Waals surface area contributed by atoms with Crippen LogP contribution >= 0.6 is 7.60 Å². The summed E-state index contributed by atoms with van der Waals surface area (Å²) in [6.07, 6.45) is -1.92. The van der Waals surface area contributed by atoms with E-state index in [0.717, 1.165) is 0 Å². The summed E-state index contributed by atoms with van der Waals surface area (Å²) in [5.41, 5.74) is 0. The number of carboxylic acid groups (broad SMARTS) is 3. The molecule has 5 N–H and O–H groups in total. The lowest BCUT2D eigenvalue weighted by atomic mass is 9.84. The zero-order valence-electron chi connectivity index (χ0n) is 10.7. The van der Waals surface area contributed by atoms with Crippen LogP contribution in [0.2, 0.25) is 0 Å². The molecule has 116 valence electrons. The van der Waals surface area contributed by atoms with Gasteiger partial charge in [0.05, 0.1) is 5.92 Å². The summed E-state index contributed by atoms with van der Waals surface area (Å²) >= 11 is 0. The molecule has 0 radical (unpaired) electrons. The van der Waals surface area contributed by atoms with Crippen LogP contribution in [0.25, 0.3) is 0 Å². The maximum Gasteiger partial charge on any atom is 0.343 e. The zero-order valence-corrected chi connectivity index (χ0v) is 11.6. The summed E-state index contributed by atoms with van der Waals surface area (Å²) in [6, 6.07) is 0. The molecule has 0 spiro atoms. The highest BCUT2D eigenvalue weighted by Gasteiger charge is 2.61. The van der Waals surface area contributed by atoms with Gasteiger partial charge in [0.15, 0.2) is 5.16 Å². The van der Waals surface area contributed by atoms with Crippen molar-refractivity contribution in [3.05, 3.63) is 0 Å². The van der Waals surface area contributed by atoms with E-state index in [1.807, 2.05) is 0 Å². The van der Waals surface area contributed by atoms with Crippen molar-refractivity contribution < 1.29 is 44.1 Å². The van der Waals surface area contributed by atoms with Crippen molar-refractivity contribution in [3.63, 3.8) is 0 Å². The summed E-state index contributed by atoms with van der Waals surface area (Å²) in [5, 5.41) is 23.9. The first-order chi connectivity index (χ1) is 9.00. The van der Waals surface area contributed by atoms with Crippen molar-refractivity contribution in [2.45, 2.75) is 37.8 Å². The van der Waals surface area contributed by atoms with Crippen LogP contribution in [0.1, 0.15) is 32.6 Å². The smallest absolute Gasteiger partial charge is 0.343 e. The molecule has 0 heterocycles. The average Bonchev–Trinajstić information content (AvgIpc) is 2.25. The van der Waals surface area contributed by atoms with Crippen LogP contribution in [-0.2, 0) is 18.9 Å². The summed E-state index contributed by atoms with van der Waals surface area (Å²) in [6.45, 7) is 1.53. The van der Waals surface area contributed by atoms with Crippen LogP contribution in [0, 0.1) is 5.92 Å². The Morgan fingerprint density at radius 1 is 1.15 bits per heavy atom. The second-order valence-electron chi connectivity index (χ2n) is 4.35. The van der Waals surface area contributed by atoms with Crippen molar-refractivity contribution in [2.75, 3.05) is 0 Å². The van der Waals surface area contributed by atoms with Crippen LogP contribution in [0.5, 0.6) is 0 Å². The van der Waals surface area contributed by atoms with Gasteiger partial charge in [0.2, 0.25) is 0 Å². The molecule has 9 nitrogen and oxygen atoms in total. The quantitative estimate of drug-likeness (QED) is 0.377. The predicted octanol–water partition coefficient (Wildman–Crippen LogP) is 0.353. The Labute approximate surface area is 114 Å². The summed E-state index contributed by atoms with van der Waals surface area (Å²) in [7, 11) is -5.40. The van der Waals surface area contributed by atoms with E-state index >= 15 is 0 Å². The third-order valence-electron chi connectivity index (χ3n) is 3.06. The molecule has 2 atom stereocenters. The van der Waals surface area contributed by atoms with Crippen molar-refractivity contribution in [3.8, 4) is 0 Å². The van der Waals surface area contributed by atoms with Gasteiger partial charge in [-0.25, -0.2) is 0 Å². The molecule has 0 amide bonds. The van der Waals surface area contributed by atoms with Crippen LogP contribution in [-0.4, -0.2) is 48.2 Å². The minimum Gasteiger partial charge on any atom is -0.481 e. The molecular weight excluding hydrogens is 295 g/mol. The summed E-state index contributed by atoms with van der Waals surface area (Å²) in [5.74, 6) is -7.02. The second kappa shape index (κ2) is 6.83. The fraction of sp³-hybridized carbons (Fsp3) is 0.700. The van der Waals surface area contributed by atoms with Gasteiger partial charge in [0.1, 0.15) is 0 Å². The molecule has 0 aliphatic rings. The first-order valence-corrected chi connectivity index (χ1v) is 7.35. The van der Waals surface area contributed by atoms with E-state index in [0.29, 0.717) is 0 Å². The summed E-state index contributed by atoms with van der Waals surface area (Å²) in [4.78, 5) is 51.7. The Morgan fingerprint density at radius 3 is 1.90 bits per heavy atom. The third-order valence-corrected chi connectivity index (χ3v) is 4.83. The molecule has 0 aromatic carbocycles. The standard InChI is InChI=1S/C10H17O9P/c1-2-3-6(8(13)14)10(9(15)16,20(17,18)19)5-4-7(11)12/h6H,2-5H2,1H3,(H,11,12)(H,13,14)(H,15,16)(H2,17,18,19). The van der Waals surface area contributed by atoms with Crippen molar-refractivity contribution in [1.82, 2.24) is 0 Å². The number of aliphatic carboxylic acids is 3. The van der Waals surface area contributed by atoms with Crippen LogP contribution in [0.4, 0.5) is 0 Å². The van der Waals surface area contributed by atoms with Crippen LogP contribution in [0.3, 0.4) is 0 Å². The Hall–Kier alpha value is -1.44. The molecule has 2 unspecified atom stereocenters. The van der Waals surface area contributed by atoms with E-state index < -0.39 is 49.4 Å². The minimum atomic E-state index is -5.40. The lowest BCUT2D eigenvalue weighted by Crippen LogP contribution is -2.49.